The van der Waals surface area contributed by atoms with Crippen molar-refractivity contribution in [1.29, 1.82) is 0 Å². The van der Waals surface area contributed by atoms with Crippen LogP contribution in [0.4, 0.5) is 11.4 Å². The normalized spacial score (nSPS) is 10.3. The molecule has 1 aromatic heterocycles. The molecule has 0 fully saturated rings. The Morgan fingerprint density at radius 3 is 1.90 bits per heavy atom. The topological polar surface area (TPSA) is 88.2 Å². The largest absolute Gasteiger partial charge is 0.321 e. The van der Waals surface area contributed by atoms with Crippen LogP contribution in [0.3, 0.4) is 0 Å². The summed E-state index contributed by atoms with van der Waals surface area (Å²) in [6.45, 7) is 5.42. The number of nitrogens with one attached hydrogen (secondary N) is 2. The third-order valence-corrected chi connectivity index (χ3v) is 4.51. The molecule has 0 aliphatic carbocycles. The molecule has 0 unspecified atom stereocenters. The monoisotopic (exact) mass is 387 g/mol. The highest BCUT2D eigenvalue weighted by Gasteiger charge is 2.13. The minimum atomic E-state index is -0.466. The summed E-state index contributed by atoms with van der Waals surface area (Å²) >= 11 is 0. The molecule has 0 radical (unpaired) electrons. The molecule has 29 heavy (non-hydrogen) atoms. The fourth-order valence-corrected chi connectivity index (χ4v) is 2.71. The summed E-state index contributed by atoms with van der Waals surface area (Å²) in [5.41, 5.74) is 4.08. The van der Waals surface area contributed by atoms with Gasteiger partial charge in [0.15, 0.2) is 5.78 Å². The summed E-state index contributed by atoms with van der Waals surface area (Å²) in [4.78, 5) is 40.7. The number of benzene rings is 2. The molecular formula is C23H21N3O3. The Bertz CT molecular complexity index is 1110. The van der Waals surface area contributed by atoms with Crippen molar-refractivity contribution in [2.45, 2.75) is 20.8 Å². The summed E-state index contributed by atoms with van der Waals surface area (Å²) in [7, 11) is 0. The molecule has 0 aliphatic heterocycles. The van der Waals surface area contributed by atoms with Gasteiger partial charge in [0.25, 0.3) is 11.8 Å². The first-order chi connectivity index (χ1) is 13.8. The predicted molar refractivity (Wildman–Crippen MR) is 113 cm³/mol. The van der Waals surface area contributed by atoms with E-state index >= 15 is 0 Å². The van der Waals surface area contributed by atoms with E-state index in [2.05, 4.69) is 15.6 Å². The van der Waals surface area contributed by atoms with Gasteiger partial charge in [0.05, 0.1) is 0 Å². The number of ketones is 1. The number of aryl methyl sites for hydroxylation is 2. The number of rotatable bonds is 5. The van der Waals surface area contributed by atoms with Gasteiger partial charge >= 0.3 is 0 Å². The maximum Gasteiger partial charge on any atom is 0.274 e. The molecule has 146 valence electrons. The maximum absolute atomic E-state index is 12.5. The quantitative estimate of drug-likeness (QED) is 0.635. The summed E-state index contributed by atoms with van der Waals surface area (Å²) in [6, 6.07) is 16.9. The second-order valence-corrected chi connectivity index (χ2v) is 6.75. The van der Waals surface area contributed by atoms with Gasteiger partial charge in [-0.25, -0.2) is 4.98 Å². The van der Waals surface area contributed by atoms with Crippen LogP contribution in [-0.2, 0) is 0 Å². The van der Waals surface area contributed by atoms with Crippen molar-refractivity contribution in [2.75, 3.05) is 10.6 Å². The minimum Gasteiger partial charge on any atom is -0.321 e. The lowest BCUT2D eigenvalue weighted by Gasteiger charge is -2.09. The van der Waals surface area contributed by atoms with E-state index in [1.54, 1.807) is 36.4 Å². The third kappa shape index (κ3) is 4.93. The van der Waals surface area contributed by atoms with E-state index in [4.69, 9.17) is 0 Å². The van der Waals surface area contributed by atoms with Crippen molar-refractivity contribution in [3.05, 3.63) is 88.7 Å². The number of nitrogens with zero attached hydrogens (tertiary/aromatic N) is 1. The number of amides is 2. The Hall–Kier alpha value is -3.80. The molecule has 0 spiro atoms. The zero-order valence-corrected chi connectivity index (χ0v) is 16.4. The van der Waals surface area contributed by atoms with Gasteiger partial charge in [-0.1, -0.05) is 24.3 Å². The number of aromatic nitrogens is 1. The zero-order valence-electron chi connectivity index (χ0n) is 16.4. The molecule has 0 aliphatic rings. The number of carbonyl (C=O) groups is 3. The lowest BCUT2D eigenvalue weighted by atomic mass is 10.1. The van der Waals surface area contributed by atoms with Crippen LogP contribution in [0.5, 0.6) is 0 Å². The molecule has 3 rings (SSSR count). The first-order valence-electron chi connectivity index (χ1n) is 9.11. The highest BCUT2D eigenvalue weighted by molar-refractivity contribution is 6.06. The third-order valence-electron chi connectivity index (χ3n) is 4.51. The van der Waals surface area contributed by atoms with Crippen molar-refractivity contribution < 1.29 is 14.4 Å². The van der Waals surface area contributed by atoms with Crippen molar-refractivity contribution in [1.82, 2.24) is 4.98 Å². The van der Waals surface area contributed by atoms with Gasteiger partial charge in [-0.15, -0.1) is 0 Å². The van der Waals surface area contributed by atoms with Gasteiger partial charge in [0.2, 0.25) is 0 Å². The number of Topliss-reactive ketones (excluding diaryl/α,β-unsaturated/α-hetero) is 1. The predicted octanol–water partition coefficient (Wildman–Crippen LogP) is 4.41. The molecule has 6 nitrogen and oxygen atoms in total. The van der Waals surface area contributed by atoms with Crippen LogP contribution in [0.1, 0.15) is 49.4 Å². The molecule has 0 saturated carbocycles. The van der Waals surface area contributed by atoms with Crippen LogP contribution < -0.4 is 10.6 Å². The number of hydrogen-bond acceptors (Lipinski definition) is 4. The molecule has 0 bridgehead atoms. The fourth-order valence-electron chi connectivity index (χ4n) is 2.71. The molecule has 1 heterocycles. The first-order valence-corrected chi connectivity index (χ1v) is 9.11. The summed E-state index contributed by atoms with van der Waals surface area (Å²) in [5.74, 6) is -0.961. The fraction of sp³-hybridized carbons (Fsp3) is 0.130. The van der Waals surface area contributed by atoms with Gasteiger partial charge in [-0.3, -0.25) is 14.4 Å². The highest BCUT2D eigenvalue weighted by Crippen LogP contribution is 2.16. The molecule has 0 atom stereocenters. The van der Waals surface area contributed by atoms with Gasteiger partial charge in [0.1, 0.15) is 11.4 Å². The summed E-state index contributed by atoms with van der Waals surface area (Å²) < 4.78 is 0. The van der Waals surface area contributed by atoms with Gasteiger partial charge in [-0.05, 0) is 68.3 Å². The van der Waals surface area contributed by atoms with Crippen LogP contribution in [0.15, 0.2) is 60.7 Å². The van der Waals surface area contributed by atoms with Crippen LogP contribution in [0.2, 0.25) is 0 Å². The molecule has 0 saturated heterocycles. The lowest BCUT2D eigenvalue weighted by molar-refractivity contribution is 0.100. The first kappa shape index (κ1) is 19.9. The van der Waals surface area contributed by atoms with E-state index in [1.807, 2.05) is 32.0 Å². The lowest BCUT2D eigenvalue weighted by Crippen LogP contribution is -2.18. The van der Waals surface area contributed by atoms with E-state index in [1.165, 1.54) is 13.0 Å². The number of carbonyl (C=O) groups excluding carboxylic acids is 3. The molecule has 2 N–H and O–H groups in total. The summed E-state index contributed by atoms with van der Waals surface area (Å²) in [5, 5.41) is 5.49. The van der Waals surface area contributed by atoms with E-state index in [9.17, 15) is 14.4 Å². The van der Waals surface area contributed by atoms with Gasteiger partial charge < -0.3 is 10.6 Å². The van der Waals surface area contributed by atoms with Crippen molar-refractivity contribution in [3.8, 4) is 0 Å². The second kappa shape index (κ2) is 8.48. The molecule has 3 aromatic rings. The Balaban J connectivity index is 1.75. The Morgan fingerprint density at radius 2 is 1.31 bits per heavy atom. The molecular weight excluding hydrogens is 366 g/mol. The van der Waals surface area contributed by atoms with E-state index in [-0.39, 0.29) is 17.2 Å². The maximum atomic E-state index is 12.5. The standard InChI is InChI=1S/C23H21N3O3/c1-14-10-11-19(12-15(14)2)25-23(29)21-9-5-8-20(26-21)22(28)24-18-7-4-6-17(13-18)16(3)27/h4-13H,1-3H3,(H,24,28)(H,25,29). The number of hydrogen-bond donors (Lipinski definition) is 2. The minimum absolute atomic E-state index is 0.0933. The number of pyridine rings is 1. The van der Waals surface area contributed by atoms with Crippen LogP contribution in [-0.4, -0.2) is 22.6 Å². The Kier molecular flexibility index (Phi) is 5.83. The van der Waals surface area contributed by atoms with E-state index in [0.29, 0.717) is 16.9 Å². The van der Waals surface area contributed by atoms with Gasteiger partial charge in [0, 0.05) is 16.9 Å². The SMILES string of the molecule is CC(=O)c1cccc(NC(=O)c2cccc(C(=O)Nc3ccc(C)c(C)c3)n2)c1. The van der Waals surface area contributed by atoms with Crippen LogP contribution in [0.25, 0.3) is 0 Å². The molecule has 6 heteroatoms. The van der Waals surface area contributed by atoms with Gasteiger partial charge in [-0.2, -0.15) is 0 Å². The van der Waals surface area contributed by atoms with Crippen molar-refractivity contribution in [3.63, 3.8) is 0 Å². The number of anilines is 2. The molecule has 2 amide bonds. The Morgan fingerprint density at radius 1 is 0.724 bits per heavy atom. The van der Waals surface area contributed by atoms with E-state index in [0.717, 1.165) is 11.1 Å². The summed E-state index contributed by atoms with van der Waals surface area (Å²) in [6.07, 6.45) is 0. The van der Waals surface area contributed by atoms with Crippen LogP contribution >= 0.6 is 0 Å². The van der Waals surface area contributed by atoms with Crippen molar-refractivity contribution in [2.24, 2.45) is 0 Å². The van der Waals surface area contributed by atoms with Crippen molar-refractivity contribution >= 4 is 29.0 Å². The Labute approximate surface area is 169 Å². The highest BCUT2D eigenvalue weighted by atomic mass is 16.2. The average Bonchev–Trinajstić information content (AvgIpc) is 2.71. The van der Waals surface area contributed by atoms with Crippen LogP contribution in [0, 0.1) is 13.8 Å². The van der Waals surface area contributed by atoms with E-state index < -0.39 is 11.8 Å². The second-order valence-electron chi connectivity index (χ2n) is 6.75. The smallest absolute Gasteiger partial charge is 0.274 e. The zero-order chi connectivity index (χ0) is 21.0. The molecule has 2 aromatic carbocycles. The average molecular weight is 387 g/mol.